The monoisotopic (exact) mass is 281 g/mol. The normalized spacial score (nSPS) is 10.7. The minimum absolute atomic E-state index is 0.0132. The minimum atomic E-state index is -0.612. The maximum atomic E-state index is 13.6. The van der Waals surface area contributed by atoms with E-state index < -0.39 is 11.6 Å². The molecule has 0 radical (unpaired) electrons. The molecule has 2 rings (SSSR count). The second-order valence-corrected chi connectivity index (χ2v) is 4.50. The molecule has 100 valence electrons. The Hall–Kier alpha value is -1.75. The van der Waals surface area contributed by atoms with Gasteiger partial charge in [-0.1, -0.05) is 24.6 Å². The molecule has 1 aromatic carbocycles. The molecule has 0 fully saturated rings. The fourth-order valence-corrected chi connectivity index (χ4v) is 2.09. The Morgan fingerprint density at radius 2 is 2.26 bits per heavy atom. The maximum Gasteiger partial charge on any atom is 0.174 e. The molecular formula is C13H13ClFN3O. The Balaban J connectivity index is 2.24. The zero-order chi connectivity index (χ0) is 13.8. The van der Waals surface area contributed by atoms with Gasteiger partial charge in [0.15, 0.2) is 5.78 Å². The zero-order valence-electron chi connectivity index (χ0n) is 10.4. The number of carbonyl (C=O) groups is 1. The van der Waals surface area contributed by atoms with Gasteiger partial charge < -0.3 is 0 Å². The molecule has 1 aromatic heterocycles. The van der Waals surface area contributed by atoms with Crippen molar-refractivity contribution in [2.75, 3.05) is 0 Å². The Labute approximate surface area is 115 Å². The lowest BCUT2D eigenvalue weighted by atomic mass is 10.1. The van der Waals surface area contributed by atoms with Crippen molar-refractivity contribution >= 4 is 17.4 Å². The van der Waals surface area contributed by atoms with E-state index in [-0.39, 0.29) is 17.0 Å². The van der Waals surface area contributed by atoms with Gasteiger partial charge in [-0.15, -0.1) is 0 Å². The molecule has 1 heterocycles. The van der Waals surface area contributed by atoms with Gasteiger partial charge in [0.05, 0.1) is 17.0 Å². The number of hydrogen-bond acceptors (Lipinski definition) is 3. The van der Waals surface area contributed by atoms with E-state index in [2.05, 4.69) is 10.1 Å². The van der Waals surface area contributed by atoms with Gasteiger partial charge in [-0.25, -0.2) is 14.1 Å². The van der Waals surface area contributed by atoms with Crippen molar-refractivity contribution in [3.8, 4) is 0 Å². The van der Waals surface area contributed by atoms with E-state index in [0.717, 1.165) is 6.42 Å². The standard InChI is InChI=1S/C13H13ClFN3O/c1-2-6-18-12(16-8-17-18)7-11(19)13-9(14)4-3-5-10(13)15/h3-5,8H,2,6-7H2,1H3. The van der Waals surface area contributed by atoms with Gasteiger partial charge in [0.1, 0.15) is 18.0 Å². The Morgan fingerprint density at radius 1 is 1.47 bits per heavy atom. The number of ketones is 1. The van der Waals surface area contributed by atoms with E-state index >= 15 is 0 Å². The highest BCUT2D eigenvalue weighted by molar-refractivity contribution is 6.34. The first-order chi connectivity index (χ1) is 9.13. The maximum absolute atomic E-state index is 13.6. The molecule has 0 bridgehead atoms. The van der Waals surface area contributed by atoms with Crippen molar-refractivity contribution in [1.29, 1.82) is 0 Å². The summed E-state index contributed by atoms with van der Waals surface area (Å²) >= 11 is 5.86. The van der Waals surface area contributed by atoms with Crippen LogP contribution in [0.1, 0.15) is 29.5 Å². The lowest BCUT2D eigenvalue weighted by Crippen LogP contribution is -2.13. The smallest absolute Gasteiger partial charge is 0.174 e. The Kier molecular flexibility index (Phi) is 4.27. The lowest BCUT2D eigenvalue weighted by Gasteiger charge is -2.06. The molecule has 6 heteroatoms. The summed E-state index contributed by atoms with van der Waals surface area (Å²) in [7, 11) is 0. The van der Waals surface area contributed by atoms with Crippen LogP contribution in [0.5, 0.6) is 0 Å². The van der Waals surface area contributed by atoms with Crippen LogP contribution in [0.15, 0.2) is 24.5 Å². The average molecular weight is 282 g/mol. The van der Waals surface area contributed by atoms with Crippen LogP contribution in [0.3, 0.4) is 0 Å². The van der Waals surface area contributed by atoms with Crippen LogP contribution < -0.4 is 0 Å². The molecule has 0 aliphatic heterocycles. The van der Waals surface area contributed by atoms with Crippen molar-refractivity contribution in [2.45, 2.75) is 26.3 Å². The van der Waals surface area contributed by atoms with Crippen molar-refractivity contribution in [3.05, 3.63) is 46.8 Å². The number of aromatic nitrogens is 3. The predicted octanol–water partition coefficient (Wildman–Crippen LogP) is 2.91. The second kappa shape index (κ2) is 5.93. The number of carbonyl (C=O) groups excluding carboxylic acids is 1. The van der Waals surface area contributed by atoms with Gasteiger partial charge in [-0.05, 0) is 18.6 Å². The highest BCUT2D eigenvalue weighted by atomic mass is 35.5. The van der Waals surface area contributed by atoms with E-state index in [0.29, 0.717) is 12.4 Å². The number of halogens is 2. The van der Waals surface area contributed by atoms with Gasteiger partial charge >= 0.3 is 0 Å². The van der Waals surface area contributed by atoms with Crippen molar-refractivity contribution in [1.82, 2.24) is 14.8 Å². The number of nitrogens with zero attached hydrogens (tertiary/aromatic N) is 3. The van der Waals surface area contributed by atoms with Gasteiger partial charge in [-0.2, -0.15) is 5.10 Å². The van der Waals surface area contributed by atoms with Crippen LogP contribution in [0.4, 0.5) is 4.39 Å². The van der Waals surface area contributed by atoms with E-state index in [4.69, 9.17) is 11.6 Å². The highest BCUT2D eigenvalue weighted by Crippen LogP contribution is 2.20. The van der Waals surface area contributed by atoms with Crippen LogP contribution in [0.25, 0.3) is 0 Å². The summed E-state index contributed by atoms with van der Waals surface area (Å²) in [4.78, 5) is 16.1. The van der Waals surface area contributed by atoms with Gasteiger partial charge in [0.2, 0.25) is 0 Å². The van der Waals surface area contributed by atoms with E-state index in [9.17, 15) is 9.18 Å². The van der Waals surface area contributed by atoms with Crippen LogP contribution in [-0.4, -0.2) is 20.5 Å². The second-order valence-electron chi connectivity index (χ2n) is 4.10. The molecule has 0 unspecified atom stereocenters. The summed E-state index contributed by atoms with van der Waals surface area (Å²) in [5.41, 5.74) is -0.0878. The summed E-state index contributed by atoms with van der Waals surface area (Å²) in [6, 6.07) is 4.18. The molecule has 2 aromatic rings. The fraction of sp³-hybridized carbons (Fsp3) is 0.308. The first-order valence-corrected chi connectivity index (χ1v) is 6.35. The average Bonchev–Trinajstić information content (AvgIpc) is 2.77. The Morgan fingerprint density at radius 3 is 2.95 bits per heavy atom. The first kappa shape index (κ1) is 13.7. The minimum Gasteiger partial charge on any atom is -0.294 e. The molecule has 0 N–H and O–H groups in total. The SMILES string of the molecule is CCCn1ncnc1CC(=O)c1c(F)cccc1Cl. The topological polar surface area (TPSA) is 47.8 Å². The predicted molar refractivity (Wildman–Crippen MR) is 69.8 cm³/mol. The molecule has 0 aliphatic rings. The van der Waals surface area contributed by atoms with Crippen LogP contribution in [0, 0.1) is 5.82 Å². The highest BCUT2D eigenvalue weighted by Gasteiger charge is 2.18. The van der Waals surface area contributed by atoms with E-state index in [1.807, 2.05) is 6.92 Å². The Bertz CT molecular complexity index is 577. The van der Waals surface area contributed by atoms with Crippen LogP contribution in [-0.2, 0) is 13.0 Å². The van der Waals surface area contributed by atoms with Crippen LogP contribution in [0.2, 0.25) is 5.02 Å². The number of Topliss-reactive ketones (excluding diaryl/α,β-unsaturated/α-hetero) is 1. The van der Waals surface area contributed by atoms with E-state index in [1.54, 1.807) is 4.68 Å². The van der Waals surface area contributed by atoms with Crippen LogP contribution >= 0.6 is 11.6 Å². The quantitative estimate of drug-likeness (QED) is 0.792. The third-order valence-corrected chi connectivity index (χ3v) is 3.01. The molecule has 0 atom stereocenters. The first-order valence-electron chi connectivity index (χ1n) is 5.97. The summed E-state index contributed by atoms with van der Waals surface area (Å²) < 4.78 is 15.3. The lowest BCUT2D eigenvalue weighted by molar-refractivity contribution is 0.0985. The summed E-state index contributed by atoms with van der Waals surface area (Å²) in [6.07, 6.45) is 2.26. The van der Waals surface area contributed by atoms with Crippen molar-refractivity contribution < 1.29 is 9.18 Å². The zero-order valence-corrected chi connectivity index (χ0v) is 11.2. The molecule has 0 spiro atoms. The van der Waals surface area contributed by atoms with Gasteiger partial charge in [0.25, 0.3) is 0 Å². The third-order valence-electron chi connectivity index (χ3n) is 2.69. The van der Waals surface area contributed by atoms with E-state index in [1.165, 1.54) is 24.5 Å². The molecular weight excluding hydrogens is 269 g/mol. The number of benzene rings is 1. The molecule has 0 aliphatic carbocycles. The molecule has 19 heavy (non-hydrogen) atoms. The number of hydrogen-bond donors (Lipinski definition) is 0. The van der Waals surface area contributed by atoms with Crippen molar-refractivity contribution in [2.24, 2.45) is 0 Å². The van der Waals surface area contributed by atoms with Crippen molar-refractivity contribution in [3.63, 3.8) is 0 Å². The summed E-state index contributed by atoms with van der Waals surface area (Å²) in [6.45, 7) is 2.68. The summed E-state index contributed by atoms with van der Waals surface area (Å²) in [5, 5.41) is 4.14. The fourth-order valence-electron chi connectivity index (χ4n) is 1.82. The largest absolute Gasteiger partial charge is 0.294 e. The molecule has 0 amide bonds. The van der Waals surface area contributed by atoms with Gasteiger partial charge in [0, 0.05) is 6.54 Å². The summed E-state index contributed by atoms with van der Waals surface area (Å²) in [5.74, 6) is -0.487. The van der Waals surface area contributed by atoms with Gasteiger partial charge in [-0.3, -0.25) is 4.79 Å². The molecule has 0 saturated heterocycles. The molecule has 4 nitrogen and oxygen atoms in total. The molecule has 0 saturated carbocycles. The number of aryl methyl sites for hydroxylation is 1. The third kappa shape index (κ3) is 2.98. The number of rotatable bonds is 5.